The van der Waals surface area contributed by atoms with Crippen molar-refractivity contribution in [1.29, 1.82) is 0 Å². The molecule has 3 aliphatic rings. The van der Waals surface area contributed by atoms with Crippen molar-refractivity contribution in [2.75, 3.05) is 0 Å². The van der Waals surface area contributed by atoms with Gasteiger partial charge in [-0.15, -0.1) is 0 Å². The first-order valence-electron chi connectivity index (χ1n) is 6.36. The average molecular weight is 206 g/mol. The number of hydrogen-bond donors (Lipinski definition) is 1. The third kappa shape index (κ3) is 0.982. The van der Waals surface area contributed by atoms with Gasteiger partial charge in [-0.2, -0.15) is 0 Å². The second-order valence-corrected chi connectivity index (χ2v) is 6.57. The van der Waals surface area contributed by atoms with Gasteiger partial charge in [0.05, 0.1) is 6.10 Å². The minimum Gasteiger partial charge on any atom is -0.393 e. The Morgan fingerprint density at radius 1 is 1.27 bits per heavy atom. The Kier molecular flexibility index (Phi) is 1.77. The monoisotopic (exact) mass is 206 g/mol. The van der Waals surface area contributed by atoms with E-state index in [4.69, 9.17) is 0 Å². The number of aliphatic hydroxyl groups excluding tert-OH is 1. The summed E-state index contributed by atoms with van der Waals surface area (Å²) < 4.78 is 0. The zero-order chi connectivity index (χ0) is 10.8. The first-order valence-corrected chi connectivity index (χ1v) is 6.36. The second kappa shape index (κ2) is 2.68. The van der Waals surface area contributed by atoms with Crippen LogP contribution in [0, 0.1) is 22.7 Å². The lowest BCUT2D eigenvalue weighted by atomic mass is 9.57. The van der Waals surface area contributed by atoms with Gasteiger partial charge in [-0.05, 0) is 49.4 Å². The molecule has 1 heteroatoms. The van der Waals surface area contributed by atoms with Crippen molar-refractivity contribution in [2.45, 2.75) is 52.1 Å². The molecule has 0 heterocycles. The Bertz CT molecular complexity index is 317. The van der Waals surface area contributed by atoms with E-state index in [9.17, 15) is 5.11 Å². The summed E-state index contributed by atoms with van der Waals surface area (Å²) in [4.78, 5) is 0. The second-order valence-electron chi connectivity index (χ2n) is 6.57. The summed E-state index contributed by atoms with van der Waals surface area (Å²) in [6.07, 6.45) is 5.94. The van der Waals surface area contributed by atoms with Gasteiger partial charge >= 0.3 is 0 Å². The zero-order valence-corrected chi connectivity index (χ0v) is 9.92. The van der Waals surface area contributed by atoms with Gasteiger partial charge in [-0.3, -0.25) is 0 Å². The smallest absolute Gasteiger partial charge is 0.0602 e. The Hall–Kier alpha value is -0.300. The fourth-order valence-corrected chi connectivity index (χ4v) is 4.71. The maximum atomic E-state index is 10.2. The number of rotatable bonds is 0. The van der Waals surface area contributed by atoms with E-state index in [-0.39, 0.29) is 11.5 Å². The highest BCUT2D eigenvalue weighted by atomic mass is 16.3. The average Bonchev–Trinajstić information content (AvgIpc) is 2.72. The summed E-state index contributed by atoms with van der Waals surface area (Å²) in [6.45, 7) is 9.09. The van der Waals surface area contributed by atoms with Crippen LogP contribution in [0.3, 0.4) is 0 Å². The van der Waals surface area contributed by atoms with Crippen molar-refractivity contribution >= 4 is 0 Å². The molecule has 15 heavy (non-hydrogen) atoms. The van der Waals surface area contributed by atoms with E-state index in [0.29, 0.717) is 11.3 Å². The first-order chi connectivity index (χ1) is 6.98. The summed E-state index contributed by atoms with van der Waals surface area (Å²) in [5, 5.41) is 10.2. The molecule has 3 rings (SSSR count). The van der Waals surface area contributed by atoms with E-state index in [0.717, 1.165) is 12.3 Å². The van der Waals surface area contributed by atoms with Crippen LogP contribution < -0.4 is 0 Å². The molecule has 1 nitrogen and oxygen atoms in total. The summed E-state index contributed by atoms with van der Waals surface area (Å²) >= 11 is 0. The van der Waals surface area contributed by atoms with Gasteiger partial charge in [0.15, 0.2) is 0 Å². The molecule has 3 saturated carbocycles. The highest BCUT2D eigenvalue weighted by Crippen LogP contribution is 2.68. The van der Waals surface area contributed by atoms with Crippen molar-refractivity contribution < 1.29 is 5.11 Å². The van der Waals surface area contributed by atoms with Crippen LogP contribution in [-0.4, -0.2) is 11.2 Å². The lowest BCUT2D eigenvalue weighted by molar-refractivity contribution is 0.00891. The Morgan fingerprint density at radius 2 is 2.00 bits per heavy atom. The van der Waals surface area contributed by atoms with Crippen LogP contribution >= 0.6 is 0 Å². The molecule has 3 aliphatic carbocycles. The van der Waals surface area contributed by atoms with Crippen molar-refractivity contribution in [3.05, 3.63) is 12.2 Å². The molecule has 2 bridgehead atoms. The van der Waals surface area contributed by atoms with Gasteiger partial charge in [0, 0.05) is 5.41 Å². The molecule has 1 N–H and O–H groups in total. The maximum absolute atomic E-state index is 10.2. The maximum Gasteiger partial charge on any atom is 0.0602 e. The minimum absolute atomic E-state index is 0.0413. The molecular formula is C14H22O. The number of allylic oxidation sites excluding steroid dienone is 1. The summed E-state index contributed by atoms with van der Waals surface area (Å²) in [6, 6.07) is 0. The van der Waals surface area contributed by atoms with Gasteiger partial charge in [-0.1, -0.05) is 26.0 Å². The lowest BCUT2D eigenvalue weighted by Gasteiger charge is -2.48. The highest BCUT2D eigenvalue weighted by Gasteiger charge is 2.61. The number of fused-ring (bicyclic) bond motifs is 1. The van der Waals surface area contributed by atoms with Crippen LogP contribution in [0.1, 0.15) is 46.0 Å². The van der Waals surface area contributed by atoms with Crippen LogP contribution in [0.25, 0.3) is 0 Å². The molecule has 0 aromatic rings. The third-order valence-electron chi connectivity index (χ3n) is 5.94. The Morgan fingerprint density at radius 3 is 2.73 bits per heavy atom. The Labute approximate surface area is 92.6 Å². The van der Waals surface area contributed by atoms with Crippen LogP contribution in [0.5, 0.6) is 0 Å². The topological polar surface area (TPSA) is 20.2 Å². The van der Waals surface area contributed by atoms with Crippen molar-refractivity contribution in [3.8, 4) is 0 Å². The van der Waals surface area contributed by atoms with Gasteiger partial charge in [0.25, 0.3) is 0 Å². The molecule has 1 unspecified atom stereocenters. The van der Waals surface area contributed by atoms with Crippen molar-refractivity contribution in [3.63, 3.8) is 0 Å². The molecule has 84 valence electrons. The highest BCUT2D eigenvalue weighted by molar-refractivity contribution is 5.27. The predicted molar refractivity (Wildman–Crippen MR) is 61.4 cm³/mol. The molecule has 0 amide bonds. The fraction of sp³-hybridized carbons (Fsp3) is 0.857. The molecule has 0 aliphatic heterocycles. The molecule has 0 aromatic heterocycles. The van der Waals surface area contributed by atoms with Crippen LogP contribution in [-0.2, 0) is 0 Å². The SMILES string of the molecule is C=C1C2CC[C@@H](O)[C@@]23CC[C@H](C3)C1(C)C. The first kappa shape index (κ1) is 9.89. The standard InChI is InChI=1S/C14H22O/c1-9-11-4-5-12(15)14(11)7-6-10(8-14)13(9,2)3/h10-12,15H,1,4-8H2,2-3H3/t10-,11?,12-,14-/m1/s1. The van der Waals surface area contributed by atoms with E-state index < -0.39 is 0 Å². The molecule has 0 radical (unpaired) electrons. The molecule has 4 atom stereocenters. The minimum atomic E-state index is -0.0413. The molecule has 3 fully saturated rings. The van der Waals surface area contributed by atoms with E-state index in [1.807, 2.05) is 0 Å². The van der Waals surface area contributed by atoms with E-state index in [2.05, 4.69) is 20.4 Å². The predicted octanol–water partition coefficient (Wildman–Crippen LogP) is 3.14. The molecular weight excluding hydrogens is 184 g/mol. The van der Waals surface area contributed by atoms with Gasteiger partial charge in [0.1, 0.15) is 0 Å². The van der Waals surface area contributed by atoms with Crippen LogP contribution in [0.2, 0.25) is 0 Å². The van der Waals surface area contributed by atoms with E-state index >= 15 is 0 Å². The van der Waals surface area contributed by atoms with Crippen molar-refractivity contribution in [1.82, 2.24) is 0 Å². The van der Waals surface area contributed by atoms with Crippen molar-refractivity contribution in [2.24, 2.45) is 22.7 Å². The largest absolute Gasteiger partial charge is 0.393 e. The molecule has 1 spiro atoms. The van der Waals surface area contributed by atoms with E-state index in [1.165, 1.54) is 31.3 Å². The fourth-order valence-electron chi connectivity index (χ4n) is 4.71. The number of aliphatic hydroxyl groups is 1. The van der Waals surface area contributed by atoms with Gasteiger partial charge in [-0.25, -0.2) is 0 Å². The van der Waals surface area contributed by atoms with Gasteiger partial charge < -0.3 is 5.11 Å². The number of hydrogen-bond acceptors (Lipinski definition) is 1. The lowest BCUT2D eigenvalue weighted by Crippen LogP contribution is -2.42. The van der Waals surface area contributed by atoms with Gasteiger partial charge in [0.2, 0.25) is 0 Å². The summed E-state index contributed by atoms with van der Waals surface area (Å²) in [5.41, 5.74) is 2.00. The summed E-state index contributed by atoms with van der Waals surface area (Å²) in [7, 11) is 0. The normalized spacial score (nSPS) is 51.9. The third-order valence-corrected chi connectivity index (χ3v) is 5.94. The Balaban J connectivity index is 2.07. The zero-order valence-electron chi connectivity index (χ0n) is 9.92. The van der Waals surface area contributed by atoms with Crippen LogP contribution in [0.4, 0.5) is 0 Å². The van der Waals surface area contributed by atoms with E-state index in [1.54, 1.807) is 0 Å². The molecule has 0 aromatic carbocycles. The molecule has 0 saturated heterocycles. The van der Waals surface area contributed by atoms with Crippen LogP contribution in [0.15, 0.2) is 12.2 Å². The quantitative estimate of drug-likeness (QED) is 0.604. The summed E-state index contributed by atoms with van der Waals surface area (Å²) in [5.74, 6) is 1.38.